The van der Waals surface area contributed by atoms with E-state index in [2.05, 4.69) is 28.1 Å². The molecular weight excluding hydrogens is 479 g/mol. The quantitative estimate of drug-likeness (QED) is 0.219. The van der Waals surface area contributed by atoms with Crippen LogP contribution in [0.3, 0.4) is 0 Å². The summed E-state index contributed by atoms with van der Waals surface area (Å²) in [6, 6.07) is 0. The number of nitrogens with two attached hydrogens (primary N) is 1. The maximum Gasteiger partial charge on any atom is 0.490 e. The van der Waals surface area contributed by atoms with Gasteiger partial charge in [0.25, 0.3) is 5.56 Å². The minimum absolute atomic E-state index is 0.0348. The number of nitrogens with one attached hydrogen (secondary N) is 1. The molecular formula is C9H14N5O13P3. The second-order valence-corrected chi connectivity index (χ2v) is 10.1. The fourth-order valence-corrected chi connectivity index (χ4v) is 5.59. The van der Waals surface area contributed by atoms with Gasteiger partial charge in [-0.05, 0) is 0 Å². The third-order valence-electron chi connectivity index (χ3n) is 3.46. The van der Waals surface area contributed by atoms with Gasteiger partial charge in [0.2, 0.25) is 5.95 Å². The lowest BCUT2D eigenvalue weighted by atomic mass is 10.3. The smallest absolute Gasteiger partial charge is 0.388 e. The van der Waals surface area contributed by atoms with Crippen LogP contribution in [0.1, 0.15) is 12.6 Å². The molecule has 0 radical (unpaired) electrons. The molecule has 0 aromatic carbocycles. The van der Waals surface area contributed by atoms with Crippen molar-refractivity contribution >= 4 is 40.6 Å². The highest BCUT2D eigenvalue weighted by Crippen LogP contribution is 2.66. The van der Waals surface area contributed by atoms with Crippen LogP contribution in [-0.4, -0.2) is 56.6 Å². The molecule has 21 heteroatoms. The third-order valence-corrected chi connectivity index (χ3v) is 7.26. The zero-order valence-corrected chi connectivity index (χ0v) is 17.0. The lowest BCUT2D eigenvalue weighted by molar-refractivity contribution is -0.133. The van der Waals surface area contributed by atoms with Crippen LogP contribution >= 0.6 is 23.5 Å². The van der Waals surface area contributed by atoms with Gasteiger partial charge in [-0.25, -0.2) is 18.7 Å². The van der Waals surface area contributed by atoms with Gasteiger partial charge in [0, 0.05) is 6.42 Å². The Morgan fingerprint density at radius 2 is 1.87 bits per heavy atom. The number of H-pyrrole nitrogens is 1. The van der Waals surface area contributed by atoms with E-state index in [-0.39, 0.29) is 23.5 Å². The molecule has 1 aliphatic heterocycles. The molecule has 0 bridgehead atoms. The van der Waals surface area contributed by atoms with E-state index in [1.54, 1.807) is 0 Å². The average molecular weight is 493 g/mol. The number of ether oxygens (including phenoxy) is 1. The van der Waals surface area contributed by atoms with Gasteiger partial charge in [-0.15, -0.1) is 0 Å². The Kier molecular flexibility index (Phi) is 6.07. The van der Waals surface area contributed by atoms with Gasteiger partial charge in [0.1, 0.15) is 12.3 Å². The fourth-order valence-electron chi connectivity index (χ4n) is 2.48. The van der Waals surface area contributed by atoms with Crippen molar-refractivity contribution < 1.29 is 56.3 Å². The number of aliphatic hydroxyl groups excluding tert-OH is 1. The summed E-state index contributed by atoms with van der Waals surface area (Å²) in [6.07, 6.45) is -3.78. The van der Waals surface area contributed by atoms with E-state index in [9.17, 15) is 28.5 Å². The molecule has 0 amide bonds. The van der Waals surface area contributed by atoms with Crippen LogP contribution in [0.25, 0.3) is 11.2 Å². The van der Waals surface area contributed by atoms with Crippen molar-refractivity contribution in [2.24, 2.45) is 0 Å². The van der Waals surface area contributed by atoms with Gasteiger partial charge in [0.05, 0.1) is 6.33 Å². The third kappa shape index (κ3) is 5.39. The molecule has 0 spiro atoms. The molecule has 1 fully saturated rings. The number of hydrogen-bond acceptors (Lipinski definition) is 12. The van der Waals surface area contributed by atoms with E-state index >= 15 is 0 Å². The summed E-state index contributed by atoms with van der Waals surface area (Å²) in [7, 11) is -16.8. The summed E-state index contributed by atoms with van der Waals surface area (Å²) >= 11 is 0. The van der Waals surface area contributed by atoms with Gasteiger partial charge >= 0.3 is 23.5 Å². The lowest BCUT2D eigenvalue weighted by Gasteiger charge is -2.20. The Morgan fingerprint density at radius 1 is 1.20 bits per heavy atom. The molecule has 5 atom stereocenters. The number of aromatic nitrogens is 4. The largest absolute Gasteiger partial charge is 0.490 e. The number of phosphoric acid groups is 3. The minimum Gasteiger partial charge on any atom is -0.388 e. The van der Waals surface area contributed by atoms with Crippen molar-refractivity contribution in [3.63, 3.8) is 0 Å². The Bertz CT molecular complexity index is 1160. The Balaban J connectivity index is 1.76. The van der Waals surface area contributed by atoms with Crippen molar-refractivity contribution in [2.45, 2.75) is 25.0 Å². The van der Waals surface area contributed by atoms with Crippen LogP contribution in [0, 0.1) is 0 Å². The van der Waals surface area contributed by atoms with E-state index in [4.69, 9.17) is 25.2 Å². The summed E-state index contributed by atoms with van der Waals surface area (Å²) < 4.78 is 51.8. The maximum absolute atomic E-state index is 11.9. The highest BCUT2D eigenvalue weighted by molar-refractivity contribution is 7.66. The molecule has 18 nitrogen and oxygen atoms in total. The number of nitrogens with zero attached hydrogens (tertiary/aromatic N) is 3. The minimum atomic E-state index is -5.73. The number of fused-ring (bicyclic) bond motifs is 1. The standard InChI is InChI=1S/C9H14N5O13P3/c10-9-12-6-5(7(16)13-9)11-2-14(6)4-1-3(15)8(24-4)25-29(20,21)27-30(22,23)26-28(17,18)19/h2-4,8,15H,1H2,(H,20,21)(H,22,23)(H2,17,18,19)(H3,10,12,13,16)/t3?,4-,8-/m1/s1. The first-order chi connectivity index (χ1) is 13.7. The average Bonchev–Trinajstić information content (AvgIpc) is 3.07. The Morgan fingerprint density at radius 3 is 2.50 bits per heavy atom. The fraction of sp³-hybridized carbons (Fsp3) is 0.444. The molecule has 3 unspecified atom stereocenters. The molecule has 2 aromatic rings. The highest BCUT2D eigenvalue weighted by Gasteiger charge is 2.46. The van der Waals surface area contributed by atoms with E-state index in [1.807, 2.05) is 0 Å². The number of imidazole rings is 1. The van der Waals surface area contributed by atoms with Gasteiger partial charge in [-0.1, -0.05) is 0 Å². The second-order valence-electron chi connectivity index (χ2n) is 5.73. The number of aliphatic hydroxyl groups is 1. The SMILES string of the molecule is Nc1nc2c(ncn2[C@H]2CC(O)[C@@H](OP(=O)(O)OP(=O)(O)OP(=O)(O)O)O2)c(=O)[nH]1. The predicted molar refractivity (Wildman–Crippen MR) is 92.0 cm³/mol. The zero-order chi connectivity index (χ0) is 22.5. The van der Waals surface area contributed by atoms with E-state index in [0.29, 0.717) is 0 Å². The predicted octanol–water partition coefficient (Wildman–Crippen LogP) is -1.35. The summed E-state index contributed by atoms with van der Waals surface area (Å²) in [4.78, 5) is 57.4. The molecule has 168 valence electrons. The summed E-state index contributed by atoms with van der Waals surface area (Å²) in [5, 5.41) is 10.0. The molecule has 2 aromatic heterocycles. The van der Waals surface area contributed by atoms with Crippen molar-refractivity contribution in [1.82, 2.24) is 19.5 Å². The summed E-state index contributed by atoms with van der Waals surface area (Å²) in [6.45, 7) is 0. The second kappa shape index (κ2) is 7.87. The van der Waals surface area contributed by atoms with Crippen molar-refractivity contribution in [3.05, 3.63) is 16.7 Å². The number of phosphoric ester groups is 1. The first kappa shape index (κ1) is 23.1. The Labute approximate surface area is 164 Å². The van der Waals surface area contributed by atoms with Gasteiger partial charge in [-0.2, -0.15) is 13.6 Å². The monoisotopic (exact) mass is 493 g/mol. The molecule has 30 heavy (non-hydrogen) atoms. The van der Waals surface area contributed by atoms with E-state index in [0.717, 1.165) is 6.33 Å². The molecule has 1 saturated heterocycles. The number of hydrogen-bond donors (Lipinski definition) is 7. The lowest BCUT2D eigenvalue weighted by Crippen LogP contribution is -2.23. The molecule has 1 aliphatic rings. The van der Waals surface area contributed by atoms with Crippen LogP contribution in [0.4, 0.5) is 5.95 Å². The van der Waals surface area contributed by atoms with Crippen molar-refractivity contribution in [1.29, 1.82) is 0 Å². The normalized spacial score (nSPS) is 26.5. The number of rotatable bonds is 7. The number of anilines is 1. The Hall–Kier alpha value is -1.52. The highest BCUT2D eigenvalue weighted by atomic mass is 31.3. The molecule has 0 aliphatic carbocycles. The van der Waals surface area contributed by atoms with E-state index in [1.165, 1.54) is 4.57 Å². The number of aromatic amines is 1. The zero-order valence-electron chi connectivity index (χ0n) is 14.3. The van der Waals surface area contributed by atoms with Crippen LogP contribution in [0.2, 0.25) is 0 Å². The van der Waals surface area contributed by atoms with Crippen molar-refractivity contribution in [3.8, 4) is 0 Å². The molecule has 3 heterocycles. The van der Waals surface area contributed by atoms with Crippen LogP contribution in [0.5, 0.6) is 0 Å². The van der Waals surface area contributed by atoms with Crippen molar-refractivity contribution in [2.75, 3.05) is 5.73 Å². The first-order valence-electron chi connectivity index (χ1n) is 7.54. The number of nitrogen functional groups attached to an aromatic ring is 1. The topological polar surface area (TPSA) is 279 Å². The summed E-state index contributed by atoms with van der Waals surface area (Å²) in [5.41, 5.74) is 4.66. The molecule has 3 rings (SSSR count). The molecule has 8 N–H and O–H groups in total. The van der Waals surface area contributed by atoms with Crippen LogP contribution < -0.4 is 11.3 Å². The van der Waals surface area contributed by atoms with Crippen LogP contribution in [-0.2, 0) is 31.6 Å². The molecule has 0 saturated carbocycles. The summed E-state index contributed by atoms with van der Waals surface area (Å²) in [5.74, 6) is -0.238. The van der Waals surface area contributed by atoms with Gasteiger partial charge < -0.3 is 35.2 Å². The van der Waals surface area contributed by atoms with E-state index < -0.39 is 47.6 Å². The maximum atomic E-state index is 11.9. The van der Waals surface area contributed by atoms with Crippen LogP contribution in [0.15, 0.2) is 11.1 Å². The van der Waals surface area contributed by atoms with Gasteiger partial charge in [-0.3, -0.25) is 18.9 Å². The van der Waals surface area contributed by atoms with Gasteiger partial charge in [0.15, 0.2) is 17.5 Å². The first-order valence-corrected chi connectivity index (χ1v) is 12.1.